The van der Waals surface area contributed by atoms with Crippen molar-refractivity contribution in [2.75, 3.05) is 14.2 Å². The third-order valence-corrected chi connectivity index (χ3v) is 3.89. The van der Waals surface area contributed by atoms with Crippen molar-refractivity contribution < 1.29 is 14.4 Å². The highest BCUT2D eigenvalue weighted by molar-refractivity contribution is 5.57. The van der Waals surface area contributed by atoms with Gasteiger partial charge in [-0.15, -0.1) is 0 Å². The number of hydrogen-bond acceptors (Lipinski definition) is 6. The van der Waals surface area contributed by atoms with Crippen molar-refractivity contribution >= 4 is 5.69 Å². The van der Waals surface area contributed by atoms with Gasteiger partial charge in [0.2, 0.25) is 0 Å². The fourth-order valence-corrected chi connectivity index (χ4v) is 2.57. The topological polar surface area (TPSA) is 97.4 Å². The first kappa shape index (κ1) is 19.0. The van der Waals surface area contributed by atoms with Crippen LogP contribution in [-0.2, 0) is 6.54 Å². The van der Waals surface area contributed by atoms with Gasteiger partial charge in [-0.1, -0.05) is 36.9 Å². The lowest BCUT2D eigenvalue weighted by Crippen LogP contribution is -2.23. The fraction of sp³-hybridized carbons (Fsp3) is 0.211. The van der Waals surface area contributed by atoms with Crippen LogP contribution in [0.25, 0.3) is 0 Å². The Kier molecular flexibility index (Phi) is 6.31. The molecule has 0 spiro atoms. The Morgan fingerprint density at radius 2 is 1.88 bits per heavy atom. The summed E-state index contributed by atoms with van der Waals surface area (Å²) in [5.41, 5.74) is 1.25. The molecule has 2 aromatic rings. The van der Waals surface area contributed by atoms with Crippen molar-refractivity contribution in [1.29, 1.82) is 5.26 Å². The average molecular weight is 353 g/mol. The number of rotatable bonds is 8. The first-order valence-corrected chi connectivity index (χ1v) is 7.78. The Bertz CT molecular complexity index is 844. The minimum atomic E-state index is -0.736. The zero-order valence-electron chi connectivity index (χ0n) is 14.6. The number of nitrogens with zero attached hydrogens (tertiary/aromatic N) is 2. The molecular weight excluding hydrogens is 334 g/mol. The Labute approximate surface area is 151 Å². The third-order valence-electron chi connectivity index (χ3n) is 3.89. The molecule has 0 aromatic heterocycles. The van der Waals surface area contributed by atoms with Gasteiger partial charge < -0.3 is 14.8 Å². The molecule has 0 bridgehead atoms. The second-order valence-electron chi connectivity index (χ2n) is 5.46. The Balaban J connectivity index is 2.48. The maximum Gasteiger partial charge on any atom is 0.278 e. The molecule has 0 saturated carbocycles. The molecule has 0 saturated heterocycles. The van der Waals surface area contributed by atoms with Crippen LogP contribution in [0.2, 0.25) is 0 Å². The molecule has 7 nitrogen and oxygen atoms in total. The van der Waals surface area contributed by atoms with Crippen LogP contribution in [0, 0.1) is 21.4 Å². The molecule has 0 radical (unpaired) electrons. The quantitative estimate of drug-likeness (QED) is 0.443. The van der Waals surface area contributed by atoms with Crippen molar-refractivity contribution in [2.24, 2.45) is 0 Å². The minimum Gasteiger partial charge on any atom is -0.493 e. The number of nitro benzene ring substituents is 1. The highest BCUT2D eigenvalue weighted by Crippen LogP contribution is 2.39. The molecule has 1 N–H and O–H groups in total. The summed E-state index contributed by atoms with van der Waals surface area (Å²) in [4.78, 5) is 11.0. The van der Waals surface area contributed by atoms with E-state index in [0.29, 0.717) is 12.3 Å². The average Bonchev–Trinajstić information content (AvgIpc) is 2.67. The highest BCUT2D eigenvalue weighted by Gasteiger charge is 2.27. The molecule has 2 aromatic carbocycles. The molecule has 0 aliphatic heterocycles. The molecule has 0 fully saturated rings. The lowest BCUT2D eigenvalue weighted by molar-refractivity contribution is -0.385. The molecule has 26 heavy (non-hydrogen) atoms. The summed E-state index contributed by atoms with van der Waals surface area (Å²) in [5.74, 6) is 0.581. The van der Waals surface area contributed by atoms with Gasteiger partial charge in [0, 0.05) is 12.1 Å². The fourth-order valence-electron chi connectivity index (χ4n) is 2.57. The van der Waals surface area contributed by atoms with Gasteiger partial charge >= 0.3 is 0 Å². The van der Waals surface area contributed by atoms with Crippen LogP contribution < -0.4 is 14.8 Å². The molecule has 0 aliphatic carbocycles. The third kappa shape index (κ3) is 4.18. The zero-order chi connectivity index (χ0) is 19.1. The predicted octanol–water partition coefficient (Wildman–Crippen LogP) is 3.52. The van der Waals surface area contributed by atoms with E-state index in [4.69, 9.17) is 9.47 Å². The van der Waals surface area contributed by atoms with Crippen molar-refractivity contribution in [3.05, 3.63) is 75.9 Å². The van der Waals surface area contributed by atoms with Crippen molar-refractivity contribution in [2.45, 2.75) is 12.6 Å². The maximum atomic E-state index is 11.5. The number of nitrogens with one attached hydrogen (secondary N) is 1. The van der Waals surface area contributed by atoms with Crippen LogP contribution in [0.3, 0.4) is 0 Å². The normalized spacial score (nSPS) is 11.3. The standard InChI is InChI=1S/C19H19N3O4/c1-13(11-20)19(21-12-14-7-5-4-6-8-14)15-9-17(25-2)18(26-3)10-16(15)22(23)24/h4-10,19,21H,1,12H2,2-3H3. The summed E-state index contributed by atoms with van der Waals surface area (Å²) in [6.45, 7) is 4.16. The minimum absolute atomic E-state index is 0.163. The van der Waals surface area contributed by atoms with Gasteiger partial charge in [-0.3, -0.25) is 10.1 Å². The maximum absolute atomic E-state index is 11.5. The number of nitriles is 1. The summed E-state index contributed by atoms with van der Waals surface area (Å²) >= 11 is 0. The van der Waals surface area contributed by atoms with Crippen LogP contribution in [0.4, 0.5) is 5.69 Å². The molecule has 0 heterocycles. The van der Waals surface area contributed by atoms with E-state index in [1.165, 1.54) is 26.4 Å². The lowest BCUT2D eigenvalue weighted by atomic mass is 9.97. The van der Waals surface area contributed by atoms with Crippen LogP contribution >= 0.6 is 0 Å². The van der Waals surface area contributed by atoms with E-state index < -0.39 is 11.0 Å². The molecule has 1 unspecified atom stereocenters. The van der Waals surface area contributed by atoms with Gasteiger partial charge in [0.05, 0.1) is 42.9 Å². The van der Waals surface area contributed by atoms with Gasteiger partial charge in [0.25, 0.3) is 5.69 Å². The van der Waals surface area contributed by atoms with E-state index in [0.717, 1.165) is 5.56 Å². The Morgan fingerprint density at radius 3 is 2.42 bits per heavy atom. The summed E-state index contributed by atoms with van der Waals surface area (Å²) in [6, 6.07) is 13.6. The summed E-state index contributed by atoms with van der Waals surface area (Å²) in [5, 5.41) is 24.0. The first-order valence-electron chi connectivity index (χ1n) is 7.78. The second kappa shape index (κ2) is 8.65. The number of benzene rings is 2. The van der Waals surface area contributed by atoms with Gasteiger partial charge in [0.15, 0.2) is 11.5 Å². The van der Waals surface area contributed by atoms with Crippen molar-refractivity contribution in [3.63, 3.8) is 0 Å². The van der Waals surface area contributed by atoms with Gasteiger partial charge in [-0.05, 0) is 11.6 Å². The van der Waals surface area contributed by atoms with Crippen molar-refractivity contribution in [3.8, 4) is 17.6 Å². The number of ether oxygens (including phenoxy) is 2. The van der Waals surface area contributed by atoms with Gasteiger partial charge in [-0.25, -0.2) is 0 Å². The Hall–Kier alpha value is -3.37. The van der Waals surface area contributed by atoms with E-state index in [2.05, 4.69) is 11.9 Å². The smallest absolute Gasteiger partial charge is 0.278 e. The van der Waals surface area contributed by atoms with Crippen molar-refractivity contribution in [1.82, 2.24) is 5.32 Å². The van der Waals surface area contributed by atoms with E-state index in [1.807, 2.05) is 36.4 Å². The van der Waals surface area contributed by atoms with Gasteiger partial charge in [0.1, 0.15) is 0 Å². The molecule has 7 heteroatoms. The zero-order valence-corrected chi connectivity index (χ0v) is 14.6. The first-order chi connectivity index (χ1) is 12.5. The second-order valence-corrected chi connectivity index (χ2v) is 5.46. The lowest BCUT2D eigenvalue weighted by Gasteiger charge is -2.19. The molecule has 134 valence electrons. The van der Waals surface area contributed by atoms with Crippen LogP contribution in [0.1, 0.15) is 17.2 Å². The van der Waals surface area contributed by atoms with Crippen LogP contribution in [0.15, 0.2) is 54.6 Å². The number of methoxy groups -OCH3 is 2. The molecular formula is C19H19N3O4. The monoisotopic (exact) mass is 353 g/mol. The van der Waals surface area contributed by atoms with Gasteiger partial charge in [-0.2, -0.15) is 5.26 Å². The summed E-state index contributed by atoms with van der Waals surface area (Å²) in [7, 11) is 2.85. The van der Waals surface area contributed by atoms with E-state index in [-0.39, 0.29) is 22.6 Å². The predicted molar refractivity (Wildman–Crippen MR) is 97.0 cm³/mol. The van der Waals surface area contributed by atoms with E-state index in [1.54, 1.807) is 0 Å². The molecule has 0 aliphatic rings. The molecule has 1 atom stereocenters. The molecule has 2 rings (SSSR count). The molecule has 0 amide bonds. The number of hydrogen-bond donors (Lipinski definition) is 1. The van der Waals surface area contributed by atoms with Crippen LogP contribution in [0.5, 0.6) is 11.5 Å². The Morgan fingerprint density at radius 1 is 1.27 bits per heavy atom. The SMILES string of the molecule is C=C(C#N)C(NCc1ccccc1)c1cc(OC)c(OC)cc1[N+](=O)[O-]. The summed E-state index contributed by atoms with van der Waals surface area (Å²) < 4.78 is 10.4. The van der Waals surface area contributed by atoms with E-state index >= 15 is 0 Å². The highest BCUT2D eigenvalue weighted by atomic mass is 16.6. The van der Waals surface area contributed by atoms with E-state index in [9.17, 15) is 15.4 Å². The number of nitro groups is 1. The van der Waals surface area contributed by atoms with Crippen LogP contribution in [-0.4, -0.2) is 19.1 Å². The summed E-state index contributed by atoms with van der Waals surface area (Å²) in [6.07, 6.45) is 0. The largest absolute Gasteiger partial charge is 0.493 e.